The Labute approximate surface area is 71.8 Å². The van der Waals surface area contributed by atoms with Crippen LogP contribution in [-0.2, 0) is 0 Å². The second-order valence-corrected chi connectivity index (χ2v) is 3.18. The maximum absolute atomic E-state index is 5.75. The maximum atomic E-state index is 5.75. The van der Waals surface area contributed by atoms with Gasteiger partial charge in [-0.3, -0.25) is 0 Å². The Morgan fingerprint density at radius 2 is 2.00 bits per heavy atom. The highest BCUT2D eigenvalue weighted by Crippen LogP contribution is 2.27. The molecule has 0 aliphatic rings. The molecule has 2 heterocycles. The van der Waals surface area contributed by atoms with Gasteiger partial charge in [0.1, 0.15) is 0 Å². The van der Waals surface area contributed by atoms with Crippen LogP contribution in [0.25, 0.3) is 10.8 Å². The Morgan fingerprint density at radius 3 is 2.73 bits per heavy atom. The van der Waals surface area contributed by atoms with Crippen LogP contribution in [0.2, 0.25) is 5.15 Å². The largest absolute Gasteiger partial charge is 0.382 e. The topological polar surface area (TPSA) is 51.8 Å². The second-order valence-electron chi connectivity index (χ2n) is 2.08. The normalized spacial score (nSPS) is 10.6. The summed E-state index contributed by atoms with van der Waals surface area (Å²) in [5.74, 6) is 0.436. The number of hydrogen-bond acceptors (Lipinski definition) is 4. The van der Waals surface area contributed by atoms with E-state index in [9.17, 15) is 0 Å². The van der Waals surface area contributed by atoms with Crippen molar-refractivity contribution >= 4 is 39.5 Å². The van der Waals surface area contributed by atoms with Crippen LogP contribution in [0.15, 0.2) is 10.8 Å². The molecule has 0 fully saturated rings. The van der Waals surface area contributed by atoms with E-state index in [0.29, 0.717) is 11.0 Å². The van der Waals surface area contributed by atoms with E-state index in [4.69, 9.17) is 17.3 Å². The van der Waals surface area contributed by atoms with E-state index in [0.717, 1.165) is 10.8 Å². The zero-order chi connectivity index (χ0) is 7.84. The Hall–Kier alpha value is -0.870. The third kappa shape index (κ3) is 0.948. The number of nitrogen functional groups attached to an aromatic ring is 1. The predicted molar refractivity (Wildman–Crippen MR) is 46.8 cm³/mol. The van der Waals surface area contributed by atoms with Gasteiger partial charge in [-0.2, -0.15) is 11.3 Å². The number of thiophene rings is 1. The molecule has 56 valence electrons. The SMILES string of the molecule is Nc1nnc(Cl)c2cscc12. The first-order valence-corrected chi connectivity index (χ1v) is 4.24. The molecule has 2 N–H and O–H groups in total. The Balaban J connectivity index is 2.96. The molecule has 2 aromatic rings. The minimum atomic E-state index is 0.412. The van der Waals surface area contributed by atoms with E-state index in [1.807, 2.05) is 10.8 Å². The quantitative estimate of drug-likeness (QED) is 0.683. The predicted octanol–water partition coefficient (Wildman–Crippen LogP) is 1.93. The highest BCUT2D eigenvalue weighted by molar-refractivity contribution is 7.09. The van der Waals surface area contributed by atoms with Gasteiger partial charge in [-0.1, -0.05) is 11.6 Å². The molecule has 3 nitrogen and oxygen atoms in total. The van der Waals surface area contributed by atoms with Crippen LogP contribution in [0.5, 0.6) is 0 Å². The average Bonchev–Trinajstić information content (AvgIpc) is 2.45. The summed E-state index contributed by atoms with van der Waals surface area (Å²) in [6.45, 7) is 0. The first kappa shape index (κ1) is 6.82. The van der Waals surface area contributed by atoms with E-state index in [1.54, 1.807) is 0 Å². The van der Waals surface area contributed by atoms with E-state index >= 15 is 0 Å². The molecule has 2 rings (SSSR count). The maximum Gasteiger partial charge on any atom is 0.160 e. The molecule has 0 saturated heterocycles. The number of hydrogen-bond donors (Lipinski definition) is 1. The molecular weight excluding hydrogens is 182 g/mol. The molecule has 0 bridgehead atoms. The molecule has 0 aliphatic heterocycles. The Kier molecular flexibility index (Phi) is 1.44. The summed E-state index contributed by atoms with van der Waals surface area (Å²) in [6.07, 6.45) is 0. The Morgan fingerprint density at radius 1 is 1.27 bits per heavy atom. The first-order chi connectivity index (χ1) is 5.29. The lowest BCUT2D eigenvalue weighted by molar-refractivity contribution is 1.06. The number of nitrogens with zero attached hydrogens (tertiary/aromatic N) is 2. The van der Waals surface area contributed by atoms with Gasteiger partial charge in [-0.05, 0) is 0 Å². The minimum Gasteiger partial charge on any atom is -0.382 e. The number of fused-ring (bicyclic) bond motifs is 1. The van der Waals surface area contributed by atoms with Crippen molar-refractivity contribution in [2.45, 2.75) is 0 Å². The standard InChI is InChI=1S/C6H4ClN3S/c7-5-3-1-11-2-4(3)6(8)10-9-5/h1-2H,(H2,8,10). The molecular formula is C6H4ClN3S. The summed E-state index contributed by atoms with van der Waals surface area (Å²) in [4.78, 5) is 0. The van der Waals surface area contributed by atoms with E-state index in [2.05, 4.69) is 10.2 Å². The van der Waals surface area contributed by atoms with E-state index < -0.39 is 0 Å². The van der Waals surface area contributed by atoms with Crippen LogP contribution in [0.4, 0.5) is 5.82 Å². The molecule has 0 unspecified atom stereocenters. The lowest BCUT2D eigenvalue weighted by atomic mass is 10.3. The summed E-state index contributed by atoms with van der Waals surface area (Å²) >= 11 is 7.28. The number of halogens is 1. The molecule has 0 aliphatic carbocycles. The van der Waals surface area contributed by atoms with Crippen molar-refractivity contribution < 1.29 is 0 Å². The van der Waals surface area contributed by atoms with Crippen LogP contribution in [0, 0.1) is 0 Å². The van der Waals surface area contributed by atoms with Gasteiger partial charge in [0.05, 0.1) is 0 Å². The fourth-order valence-corrected chi connectivity index (χ4v) is 1.95. The summed E-state index contributed by atoms with van der Waals surface area (Å²) in [6, 6.07) is 0. The van der Waals surface area contributed by atoms with E-state index in [-0.39, 0.29) is 0 Å². The van der Waals surface area contributed by atoms with Crippen molar-refractivity contribution in [1.29, 1.82) is 0 Å². The highest BCUT2D eigenvalue weighted by Gasteiger charge is 2.04. The molecule has 2 aromatic heterocycles. The van der Waals surface area contributed by atoms with Crippen molar-refractivity contribution in [2.75, 3.05) is 5.73 Å². The molecule has 0 amide bonds. The van der Waals surface area contributed by atoms with Gasteiger partial charge in [-0.15, -0.1) is 10.2 Å². The third-order valence-electron chi connectivity index (χ3n) is 1.41. The first-order valence-electron chi connectivity index (χ1n) is 2.92. The number of anilines is 1. The van der Waals surface area contributed by atoms with Gasteiger partial charge in [-0.25, -0.2) is 0 Å². The van der Waals surface area contributed by atoms with Crippen molar-refractivity contribution in [2.24, 2.45) is 0 Å². The smallest absolute Gasteiger partial charge is 0.160 e. The highest BCUT2D eigenvalue weighted by atomic mass is 35.5. The number of rotatable bonds is 0. The molecule has 0 aromatic carbocycles. The van der Waals surface area contributed by atoms with Gasteiger partial charge in [0.25, 0.3) is 0 Å². The fraction of sp³-hybridized carbons (Fsp3) is 0. The lowest BCUT2D eigenvalue weighted by Gasteiger charge is -1.93. The average molecular weight is 186 g/mol. The monoisotopic (exact) mass is 185 g/mol. The van der Waals surface area contributed by atoms with Gasteiger partial charge in [0.15, 0.2) is 11.0 Å². The molecule has 0 atom stereocenters. The molecule has 0 radical (unpaired) electrons. The lowest BCUT2D eigenvalue weighted by Crippen LogP contribution is -1.92. The molecule has 11 heavy (non-hydrogen) atoms. The van der Waals surface area contributed by atoms with Crippen LogP contribution < -0.4 is 5.73 Å². The van der Waals surface area contributed by atoms with Crippen molar-refractivity contribution in [3.8, 4) is 0 Å². The number of aromatic nitrogens is 2. The van der Waals surface area contributed by atoms with Gasteiger partial charge in [0, 0.05) is 21.5 Å². The second kappa shape index (κ2) is 2.32. The zero-order valence-electron chi connectivity index (χ0n) is 5.41. The minimum absolute atomic E-state index is 0.412. The van der Waals surface area contributed by atoms with Crippen molar-refractivity contribution in [3.05, 3.63) is 15.9 Å². The Bertz CT molecular complexity index is 362. The van der Waals surface area contributed by atoms with Crippen LogP contribution in [-0.4, -0.2) is 10.2 Å². The van der Waals surface area contributed by atoms with Crippen LogP contribution in [0.3, 0.4) is 0 Å². The molecule has 0 spiro atoms. The van der Waals surface area contributed by atoms with Crippen molar-refractivity contribution in [3.63, 3.8) is 0 Å². The molecule has 5 heteroatoms. The zero-order valence-corrected chi connectivity index (χ0v) is 6.99. The number of nitrogens with two attached hydrogens (primary N) is 1. The molecule has 0 saturated carbocycles. The van der Waals surface area contributed by atoms with Crippen molar-refractivity contribution in [1.82, 2.24) is 10.2 Å². The fourth-order valence-electron chi connectivity index (χ4n) is 0.861. The van der Waals surface area contributed by atoms with Gasteiger partial charge < -0.3 is 5.73 Å². The van der Waals surface area contributed by atoms with E-state index in [1.165, 1.54) is 11.3 Å². The van der Waals surface area contributed by atoms with Gasteiger partial charge >= 0.3 is 0 Å². The van der Waals surface area contributed by atoms with Crippen LogP contribution in [0.1, 0.15) is 0 Å². The van der Waals surface area contributed by atoms with Gasteiger partial charge in [0.2, 0.25) is 0 Å². The summed E-state index contributed by atoms with van der Waals surface area (Å²) in [5.41, 5.74) is 5.54. The summed E-state index contributed by atoms with van der Waals surface area (Å²) in [7, 11) is 0. The summed E-state index contributed by atoms with van der Waals surface area (Å²) < 4.78 is 0. The third-order valence-corrected chi connectivity index (χ3v) is 2.43. The van der Waals surface area contributed by atoms with Crippen LogP contribution >= 0.6 is 22.9 Å². The summed E-state index contributed by atoms with van der Waals surface area (Å²) in [5, 5.41) is 13.3.